The molecule has 4 heteroatoms. The summed E-state index contributed by atoms with van der Waals surface area (Å²) in [6.45, 7) is 2.98. The maximum atomic E-state index is 5.77. The van der Waals surface area contributed by atoms with E-state index in [4.69, 9.17) is 14.2 Å². The molecule has 2 rings (SSSR count). The van der Waals surface area contributed by atoms with E-state index in [1.54, 1.807) is 0 Å². The van der Waals surface area contributed by atoms with Crippen LogP contribution in [0.3, 0.4) is 0 Å². The van der Waals surface area contributed by atoms with E-state index in [1.807, 2.05) is 31.3 Å². The molecule has 1 aliphatic heterocycles. The lowest BCUT2D eigenvalue weighted by Crippen LogP contribution is -2.25. The summed E-state index contributed by atoms with van der Waals surface area (Å²) in [6, 6.07) is 7.78. The Hall–Kier alpha value is -1.26. The summed E-state index contributed by atoms with van der Waals surface area (Å²) in [5.74, 6) is 1.69. The summed E-state index contributed by atoms with van der Waals surface area (Å²) in [5.41, 5.74) is 0. The zero-order chi connectivity index (χ0) is 13.3. The molecule has 1 aliphatic rings. The van der Waals surface area contributed by atoms with Gasteiger partial charge in [0.05, 0.1) is 6.10 Å². The molecule has 0 saturated carbocycles. The van der Waals surface area contributed by atoms with Crippen molar-refractivity contribution >= 4 is 0 Å². The lowest BCUT2D eigenvalue weighted by molar-refractivity contribution is -0.0111. The van der Waals surface area contributed by atoms with Crippen LogP contribution in [-0.2, 0) is 4.74 Å². The first kappa shape index (κ1) is 14.2. The van der Waals surface area contributed by atoms with E-state index in [-0.39, 0.29) is 6.10 Å². The summed E-state index contributed by atoms with van der Waals surface area (Å²) < 4.78 is 17.0. The molecule has 1 atom stereocenters. The molecule has 0 bridgehead atoms. The van der Waals surface area contributed by atoms with Crippen molar-refractivity contribution in [2.24, 2.45) is 0 Å². The van der Waals surface area contributed by atoms with Crippen molar-refractivity contribution in [2.45, 2.75) is 25.4 Å². The van der Waals surface area contributed by atoms with Crippen molar-refractivity contribution < 1.29 is 14.2 Å². The zero-order valence-electron chi connectivity index (χ0n) is 11.6. The third kappa shape index (κ3) is 5.09. The first-order valence-electron chi connectivity index (χ1n) is 7.00. The van der Waals surface area contributed by atoms with Gasteiger partial charge in [-0.15, -0.1) is 0 Å². The Labute approximate surface area is 115 Å². The van der Waals surface area contributed by atoms with Crippen molar-refractivity contribution in [1.29, 1.82) is 0 Å². The monoisotopic (exact) mass is 265 g/mol. The molecule has 1 N–H and O–H groups in total. The van der Waals surface area contributed by atoms with Gasteiger partial charge < -0.3 is 19.5 Å². The van der Waals surface area contributed by atoms with Crippen LogP contribution < -0.4 is 14.8 Å². The Kier molecular flexibility index (Phi) is 5.98. The van der Waals surface area contributed by atoms with Crippen LogP contribution in [0, 0.1) is 0 Å². The molecule has 1 unspecified atom stereocenters. The molecule has 0 aliphatic carbocycles. The Bertz CT molecular complexity index is 364. The minimum absolute atomic E-state index is 0.239. The van der Waals surface area contributed by atoms with E-state index in [9.17, 15) is 0 Å². The smallest absolute Gasteiger partial charge is 0.123 e. The minimum Gasteiger partial charge on any atom is -0.492 e. The molecular weight excluding hydrogens is 242 g/mol. The highest BCUT2D eigenvalue weighted by Gasteiger charge is 2.14. The van der Waals surface area contributed by atoms with Crippen molar-refractivity contribution in [1.82, 2.24) is 5.32 Å². The van der Waals surface area contributed by atoms with Crippen LogP contribution in [0.4, 0.5) is 0 Å². The zero-order valence-corrected chi connectivity index (χ0v) is 11.6. The third-order valence-corrected chi connectivity index (χ3v) is 3.14. The molecule has 1 aromatic rings. The molecular formula is C15H23NO3. The van der Waals surface area contributed by atoms with E-state index in [2.05, 4.69) is 5.32 Å². The quantitative estimate of drug-likeness (QED) is 0.767. The van der Waals surface area contributed by atoms with Gasteiger partial charge in [0.25, 0.3) is 0 Å². The van der Waals surface area contributed by atoms with E-state index in [1.165, 1.54) is 12.8 Å². The van der Waals surface area contributed by atoms with Gasteiger partial charge in [0.2, 0.25) is 0 Å². The van der Waals surface area contributed by atoms with Gasteiger partial charge in [-0.3, -0.25) is 0 Å². The molecule has 0 spiro atoms. The molecule has 1 fully saturated rings. The van der Waals surface area contributed by atoms with Crippen LogP contribution in [0.25, 0.3) is 0 Å². The number of ether oxygens (including phenoxy) is 3. The fraction of sp³-hybridized carbons (Fsp3) is 0.600. The standard InChI is InChI=1S/C15H23NO3/c1-16-8-10-18-13-6-4-7-14(11-13)19-12-15-5-2-3-9-17-15/h4,6-7,11,15-16H,2-3,5,8-10,12H2,1H3. The predicted octanol–water partition coefficient (Wildman–Crippen LogP) is 2.23. The van der Waals surface area contributed by atoms with Gasteiger partial charge in [-0.25, -0.2) is 0 Å². The van der Waals surface area contributed by atoms with Gasteiger partial charge in [-0.05, 0) is 38.4 Å². The van der Waals surface area contributed by atoms with Crippen LogP contribution in [0.2, 0.25) is 0 Å². The summed E-state index contributed by atoms with van der Waals surface area (Å²) >= 11 is 0. The van der Waals surface area contributed by atoms with Gasteiger partial charge in [0.1, 0.15) is 24.7 Å². The molecule has 1 heterocycles. The van der Waals surface area contributed by atoms with Crippen LogP contribution in [-0.4, -0.2) is 39.5 Å². The molecule has 4 nitrogen and oxygen atoms in total. The SMILES string of the molecule is CNCCOc1cccc(OCC2CCCCO2)c1. The highest BCUT2D eigenvalue weighted by Crippen LogP contribution is 2.21. The van der Waals surface area contributed by atoms with Crippen molar-refractivity contribution in [3.63, 3.8) is 0 Å². The first-order valence-corrected chi connectivity index (χ1v) is 7.00. The molecule has 106 valence electrons. The number of benzene rings is 1. The van der Waals surface area contributed by atoms with E-state index in [0.29, 0.717) is 13.2 Å². The van der Waals surface area contributed by atoms with Gasteiger partial charge >= 0.3 is 0 Å². The Morgan fingerprint density at radius 3 is 2.84 bits per heavy atom. The summed E-state index contributed by atoms with van der Waals surface area (Å²) in [6.07, 6.45) is 3.74. The van der Waals surface area contributed by atoms with Gasteiger partial charge in [-0.2, -0.15) is 0 Å². The second-order valence-electron chi connectivity index (χ2n) is 4.73. The number of hydrogen-bond acceptors (Lipinski definition) is 4. The molecule has 1 saturated heterocycles. The first-order chi connectivity index (χ1) is 9.38. The van der Waals surface area contributed by atoms with Crippen LogP contribution in [0.15, 0.2) is 24.3 Å². The van der Waals surface area contributed by atoms with Gasteiger partial charge in [0.15, 0.2) is 0 Å². The average molecular weight is 265 g/mol. The highest BCUT2D eigenvalue weighted by atomic mass is 16.5. The highest BCUT2D eigenvalue weighted by molar-refractivity contribution is 5.32. The summed E-state index contributed by atoms with van der Waals surface area (Å²) in [4.78, 5) is 0. The Morgan fingerprint density at radius 2 is 2.11 bits per heavy atom. The van der Waals surface area contributed by atoms with Crippen molar-refractivity contribution in [3.05, 3.63) is 24.3 Å². The minimum atomic E-state index is 0.239. The Balaban J connectivity index is 1.77. The lowest BCUT2D eigenvalue weighted by Gasteiger charge is -2.22. The fourth-order valence-corrected chi connectivity index (χ4v) is 2.05. The van der Waals surface area contributed by atoms with E-state index < -0.39 is 0 Å². The van der Waals surface area contributed by atoms with Crippen LogP contribution in [0.1, 0.15) is 19.3 Å². The topological polar surface area (TPSA) is 39.7 Å². The second-order valence-corrected chi connectivity index (χ2v) is 4.73. The molecule has 1 aromatic carbocycles. The van der Waals surface area contributed by atoms with Crippen LogP contribution in [0.5, 0.6) is 11.5 Å². The second kappa shape index (κ2) is 8.02. The maximum absolute atomic E-state index is 5.77. The maximum Gasteiger partial charge on any atom is 0.123 e. The summed E-state index contributed by atoms with van der Waals surface area (Å²) in [7, 11) is 1.91. The normalized spacial score (nSPS) is 19.1. The fourth-order valence-electron chi connectivity index (χ4n) is 2.05. The van der Waals surface area contributed by atoms with Crippen molar-refractivity contribution in [2.75, 3.05) is 33.4 Å². The van der Waals surface area contributed by atoms with Gasteiger partial charge in [-0.1, -0.05) is 6.07 Å². The van der Waals surface area contributed by atoms with Gasteiger partial charge in [0, 0.05) is 19.2 Å². The number of nitrogens with one attached hydrogen (secondary N) is 1. The molecule has 0 radical (unpaired) electrons. The Morgan fingerprint density at radius 1 is 1.26 bits per heavy atom. The number of hydrogen-bond donors (Lipinski definition) is 1. The summed E-state index contributed by atoms with van der Waals surface area (Å²) in [5, 5.41) is 3.05. The average Bonchev–Trinajstić information content (AvgIpc) is 2.47. The van der Waals surface area contributed by atoms with E-state index in [0.717, 1.165) is 31.1 Å². The number of likely N-dealkylation sites (N-methyl/N-ethyl adjacent to an activating group) is 1. The molecule has 0 amide bonds. The van der Waals surface area contributed by atoms with Crippen LogP contribution >= 0.6 is 0 Å². The third-order valence-electron chi connectivity index (χ3n) is 3.14. The largest absolute Gasteiger partial charge is 0.492 e. The lowest BCUT2D eigenvalue weighted by atomic mass is 10.1. The van der Waals surface area contributed by atoms with Crippen molar-refractivity contribution in [3.8, 4) is 11.5 Å². The molecule has 19 heavy (non-hydrogen) atoms. The van der Waals surface area contributed by atoms with E-state index >= 15 is 0 Å². The predicted molar refractivity (Wildman–Crippen MR) is 74.9 cm³/mol. The molecule has 0 aromatic heterocycles. The number of rotatable bonds is 7.